The first-order chi connectivity index (χ1) is 11.6. The van der Waals surface area contributed by atoms with Crippen molar-refractivity contribution in [3.05, 3.63) is 34.3 Å². The van der Waals surface area contributed by atoms with Gasteiger partial charge in [0.15, 0.2) is 0 Å². The summed E-state index contributed by atoms with van der Waals surface area (Å²) in [5.74, 6) is -0.126. The predicted octanol–water partition coefficient (Wildman–Crippen LogP) is 3.52. The maximum atomic E-state index is 11.8. The minimum absolute atomic E-state index is 0.0485. The molecule has 1 saturated carbocycles. The van der Waals surface area contributed by atoms with Crippen LogP contribution in [0.4, 0.5) is 0 Å². The van der Waals surface area contributed by atoms with Gasteiger partial charge in [-0.25, -0.2) is 5.43 Å². The molecule has 0 aliphatic heterocycles. The topological polar surface area (TPSA) is 70.6 Å². The molecule has 5 nitrogen and oxygen atoms in total. The van der Waals surface area contributed by atoms with Crippen LogP contribution in [0.15, 0.2) is 33.8 Å². The van der Waals surface area contributed by atoms with E-state index in [1.54, 1.807) is 6.21 Å². The number of benzene rings is 1. The van der Waals surface area contributed by atoms with Crippen molar-refractivity contribution in [2.45, 2.75) is 57.4 Å². The smallest absolute Gasteiger partial charge is 0.240 e. The fourth-order valence-corrected chi connectivity index (χ4v) is 3.19. The van der Waals surface area contributed by atoms with Gasteiger partial charge in [-0.3, -0.25) is 9.59 Å². The van der Waals surface area contributed by atoms with Gasteiger partial charge in [0.25, 0.3) is 0 Å². The van der Waals surface area contributed by atoms with E-state index in [1.807, 2.05) is 24.3 Å². The Kier molecular flexibility index (Phi) is 7.95. The van der Waals surface area contributed by atoms with Crippen molar-refractivity contribution in [1.82, 2.24) is 10.7 Å². The number of halogens is 1. The summed E-state index contributed by atoms with van der Waals surface area (Å²) in [4.78, 5) is 23.6. The molecule has 0 heterocycles. The molecule has 2 amide bonds. The van der Waals surface area contributed by atoms with Gasteiger partial charge >= 0.3 is 0 Å². The molecule has 2 N–H and O–H groups in total. The second-order valence-corrected chi connectivity index (χ2v) is 7.02. The molecule has 0 saturated heterocycles. The lowest BCUT2D eigenvalue weighted by Crippen LogP contribution is -2.36. The standard InChI is InChI=1S/C18H24BrN3O2/c19-15-7-4-6-14(12-15)13-20-22-18(24)11-5-10-17(23)21-16-8-2-1-3-9-16/h4,6-7,12-13,16H,1-3,5,8-11H2,(H,21,23)(H,22,24)/b20-13+. The zero-order chi connectivity index (χ0) is 17.2. The van der Waals surface area contributed by atoms with Crippen LogP contribution in [-0.2, 0) is 9.59 Å². The highest BCUT2D eigenvalue weighted by atomic mass is 79.9. The summed E-state index contributed by atoms with van der Waals surface area (Å²) >= 11 is 3.38. The highest BCUT2D eigenvalue weighted by Crippen LogP contribution is 2.17. The number of hydrogen-bond donors (Lipinski definition) is 2. The molecule has 130 valence electrons. The van der Waals surface area contributed by atoms with Gasteiger partial charge < -0.3 is 5.32 Å². The fourth-order valence-electron chi connectivity index (χ4n) is 2.78. The molecule has 0 bridgehead atoms. The van der Waals surface area contributed by atoms with Gasteiger partial charge in [-0.1, -0.05) is 47.3 Å². The summed E-state index contributed by atoms with van der Waals surface area (Å²) in [6, 6.07) is 7.96. The third-order valence-electron chi connectivity index (χ3n) is 4.03. The van der Waals surface area contributed by atoms with Crippen LogP contribution in [0, 0.1) is 0 Å². The predicted molar refractivity (Wildman–Crippen MR) is 98.7 cm³/mol. The van der Waals surface area contributed by atoms with Crippen LogP contribution in [0.5, 0.6) is 0 Å². The van der Waals surface area contributed by atoms with Crippen LogP contribution < -0.4 is 10.7 Å². The lowest BCUT2D eigenvalue weighted by Gasteiger charge is -2.22. The van der Waals surface area contributed by atoms with Gasteiger partial charge in [-0.2, -0.15) is 5.10 Å². The van der Waals surface area contributed by atoms with Crippen LogP contribution in [0.25, 0.3) is 0 Å². The van der Waals surface area contributed by atoms with E-state index in [4.69, 9.17) is 0 Å². The molecule has 0 unspecified atom stereocenters. The highest BCUT2D eigenvalue weighted by molar-refractivity contribution is 9.10. The van der Waals surface area contributed by atoms with Crippen molar-refractivity contribution in [3.63, 3.8) is 0 Å². The summed E-state index contributed by atoms with van der Waals surface area (Å²) in [7, 11) is 0. The average molecular weight is 394 g/mol. The van der Waals surface area contributed by atoms with Gasteiger partial charge in [-0.05, 0) is 37.0 Å². The first kappa shape index (κ1) is 18.6. The third-order valence-corrected chi connectivity index (χ3v) is 4.52. The number of carbonyl (C=O) groups excluding carboxylic acids is 2. The Morgan fingerprint density at radius 3 is 2.67 bits per heavy atom. The Balaban J connectivity index is 1.59. The minimum Gasteiger partial charge on any atom is -0.353 e. The maximum absolute atomic E-state index is 11.8. The fraction of sp³-hybridized carbons (Fsp3) is 0.500. The van der Waals surface area contributed by atoms with E-state index in [1.165, 1.54) is 19.3 Å². The van der Waals surface area contributed by atoms with Crippen molar-refractivity contribution >= 4 is 34.0 Å². The Labute approximate surface area is 151 Å². The summed E-state index contributed by atoms with van der Waals surface area (Å²) in [5, 5.41) is 6.99. The molecule has 2 rings (SSSR count). The van der Waals surface area contributed by atoms with Crippen molar-refractivity contribution in [2.24, 2.45) is 5.10 Å². The number of amides is 2. The summed E-state index contributed by atoms with van der Waals surface area (Å²) in [6.07, 6.45) is 8.65. The first-order valence-corrected chi connectivity index (χ1v) is 9.29. The van der Waals surface area contributed by atoms with Crippen LogP contribution in [0.3, 0.4) is 0 Å². The molecule has 1 aromatic rings. The van der Waals surface area contributed by atoms with E-state index >= 15 is 0 Å². The molecular formula is C18H24BrN3O2. The molecule has 0 aromatic heterocycles. The number of hydrogen-bond acceptors (Lipinski definition) is 3. The van der Waals surface area contributed by atoms with E-state index in [0.717, 1.165) is 22.9 Å². The monoisotopic (exact) mass is 393 g/mol. The summed E-state index contributed by atoms with van der Waals surface area (Å²) in [6.45, 7) is 0. The van der Waals surface area contributed by atoms with E-state index in [9.17, 15) is 9.59 Å². The molecule has 0 spiro atoms. The Morgan fingerprint density at radius 1 is 1.17 bits per heavy atom. The van der Waals surface area contributed by atoms with Gasteiger partial charge in [0.05, 0.1) is 6.21 Å². The van der Waals surface area contributed by atoms with Crippen LogP contribution in [0.2, 0.25) is 0 Å². The van der Waals surface area contributed by atoms with Gasteiger partial charge in [0, 0.05) is 23.4 Å². The lowest BCUT2D eigenvalue weighted by molar-refractivity contribution is -0.122. The normalized spacial score (nSPS) is 15.4. The molecule has 1 aliphatic rings. The summed E-state index contributed by atoms with van der Waals surface area (Å²) < 4.78 is 0.960. The van der Waals surface area contributed by atoms with Gasteiger partial charge in [0.2, 0.25) is 11.8 Å². The Bertz CT molecular complexity index is 583. The van der Waals surface area contributed by atoms with Crippen molar-refractivity contribution in [3.8, 4) is 0 Å². The van der Waals surface area contributed by atoms with Crippen LogP contribution in [-0.4, -0.2) is 24.1 Å². The van der Waals surface area contributed by atoms with Gasteiger partial charge in [-0.15, -0.1) is 0 Å². The number of nitrogens with zero attached hydrogens (tertiary/aromatic N) is 1. The molecule has 1 fully saturated rings. The molecule has 0 atom stereocenters. The van der Waals surface area contributed by atoms with E-state index in [-0.39, 0.29) is 11.8 Å². The maximum Gasteiger partial charge on any atom is 0.240 e. The van der Waals surface area contributed by atoms with Crippen molar-refractivity contribution in [2.75, 3.05) is 0 Å². The van der Waals surface area contributed by atoms with Gasteiger partial charge in [0.1, 0.15) is 0 Å². The average Bonchev–Trinajstić information content (AvgIpc) is 2.56. The Morgan fingerprint density at radius 2 is 1.92 bits per heavy atom. The minimum atomic E-state index is -0.174. The zero-order valence-corrected chi connectivity index (χ0v) is 15.3. The highest BCUT2D eigenvalue weighted by Gasteiger charge is 2.15. The van der Waals surface area contributed by atoms with Crippen molar-refractivity contribution in [1.29, 1.82) is 0 Å². The van der Waals surface area contributed by atoms with E-state index in [2.05, 4.69) is 31.8 Å². The number of rotatable bonds is 7. The quantitative estimate of drug-likeness (QED) is 0.549. The van der Waals surface area contributed by atoms with Crippen molar-refractivity contribution < 1.29 is 9.59 Å². The van der Waals surface area contributed by atoms with E-state index < -0.39 is 0 Å². The second kappa shape index (κ2) is 10.2. The molecule has 1 aliphatic carbocycles. The molecular weight excluding hydrogens is 370 g/mol. The second-order valence-electron chi connectivity index (χ2n) is 6.10. The first-order valence-electron chi connectivity index (χ1n) is 8.50. The zero-order valence-electron chi connectivity index (χ0n) is 13.8. The molecule has 24 heavy (non-hydrogen) atoms. The van der Waals surface area contributed by atoms with Crippen LogP contribution in [0.1, 0.15) is 56.9 Å². The SMILES string of the molecule is O=C(CCCC(=O)NC1CCCCC1)N/N=C/c1cccc(Br)c1. The van der Waals surface area contributed by atoms with E-state index in [0.29, 0.717) is 25.3 Å². The lowest BCUT2D eigenvalue weighted by atomic mass is 9.95. The molecule has 6 heteroatoms. The largest absolute Gasteiger partial charge is 0.353 e. The van der Waals surface area contributed by atoms with Crippen LogP contribution >= 0.6 is 15.9 Å². The third kappa shape index (κ3) is 7.25. The number of carbonyl (C=O) groups is 2. The molecule has 0 radical (unpaired) electrons. The molecule has 1 aromatic carbocycles. The number of nitrogens with one attached hydrogen (secondary N) is 2. The number of hydrazone groups is 1. The Hall–Kier alpha value is -1.69. The summed E-state index contributed by atoms with van der Waals surface area (Å²) in [5.41, 5.74) is 3.39.